The normalized spacial score (nSPS) is 21.0. The quantitative estimate of drug-likeness (QED) is 0.875. The van der Waals surface area contributed by atoms with Gasteiger partial charge in [0.15, 0.2) is 0 Å². The molecule has 1 saturated heterocycles. The van der Waals surface area contributed by atoms with Gasteiger partial charge in [-0.1, -0.05) is 6.92 Å². The van der Waals surface area contributed by atoms with Crippen molar-refractivity contribution in [2.75, 3.05) is 31.1 Å². The Kier molecular flexibility index (Phi) is 3.81. The lowest BCUT2D eigenvalue weighted by Gasteiger charge is -2.40. The van der Waals surface area contributed by atoms with Crippen LogP contribution in [0.3, 0.4) is 0 Å². The zero-order chi connectivity index (χ0) is 13.1. The van der Waals surface area contributed by atoms with Gasteiger partial charge in [-0.15, -0.1) is 0 Å². The molecule has 1 aromatic rings. The molecule has 1 aromatic heterocycles. The van der Waals surface area contributed by atoms with Crippen LogP contribution in [0.15, 0.2) is 18.5 Å². The minimum atomic E-state index is -0.913. The van der Waals surface area contributed by atoms with Crippen molar-refractivity contribution >= 4 is 11.7 Å². The number of hydrogen-bond donors (Lipinski definition) is 1. The molecule has 1 aliphatic rings. The lowest BCUT2D eigenvalue weighted by molar-refractivity contribution is 0.0696. The number of carboxylic acid groups (broad SMARTS) is 1. The molecule has 2 rings (SSSR count). The van der Waals surface area contributed by atoms with Gasteiger partial charge >= 0.3 is 5.97 Å². The number of nitrogens with zero attached hydrogens (tertiary/aromatic N) is 3. The third-order valence-electron chi connectivity index (χ3n) is 3.54. The number of carboxylic acids is 1. The second kappa shape index (κ2) is 5.35. The number of rotatable bonds is 3. The zero-order valence-corrected chi connectivity index (χ0v) is 10.8. The highest BCUT2D eigenvalue weighted by atomic mass is 16.4. The number of carbonyl (C=O) groups is 1. The number of anilines is 1. The van der Waals surface area contributed by atoms with Gasteiger partial charge in [0, 0.05) is 38.1 Å². The van der Waals surface area contributed by atoms with Gasteiger partial charge in [-0.3, -0.25) is 9.88 Å². The highest BCUT2D eigenvalue weighted by molar-refractivity contribution is 5.94. The minimum absolute atomic E-state index is 0.287. The smallest absolute Gasteiger partial charge is 0.339 e. The molecule has 0 spiro atoms. The van der Waals surface area contributed by atoms with Crippen LogP contribution in [0.25, 0.3) is 0 Å². The maximum absolute atomic E-state index is 11.2. The first-order chi connectivity index (χ1) is 8.63. The summed E-state index contributed by atoms with van der Waals surface area (Å²) in [4.78, 5) is 19.6. The molecule has 1 N–H and O–H groups in total. The van der Waals surface area contributed by atoms with E-state index in [2.05, 4.69) is 28.6 Å². The summed E-state index contributed by atoms with van der Waals surface area (Å²) < 4.78 is 0. The second-order valence-corrected chi connectivity index (χ2v) is 4.62. The average Bonchev–Trinajstić information content (AvgIpc) is 2.38. The molecule has 98 valence electrons. The molecule has 0 aliphatic carbocycles. The highest BCUT2D eigenvalue weighted by Crippen LogP contribution is 2.22. The summed E-state index contributed by atoms with van der Waals surface area (Å²) in [5.41, 5.74) is 1.06. The number of hydrogen-bond acceptors (Lipinski definition) is 4. The van der Waals surface area contributed by atoms with E-state index in [0.717, 1.165) is 31.9 Å². The van der Waals surface area contributed by atoms with Crippen LogP contribution in [-0.2, 0) is 0 Å². The van der Waals surface area contributed by atoms with Crippen molar-refractivity contribution in [3.63, 3.8) is 0 Å². The van der Waals surface area contributed by atoms with Crippen molar-refractivity contribution in [1.82, 2.24) is 9.88 Å². The van der Waals surface area contributed by atoms with E-state index in [4.69, 9.17) is 0 Å². The molecule has 1 atom stereocenters. The van der Waals surface area contributed by atoms with E-state index in [0.29, 0.717) is 6.04 Å². The van der Waals surface area contributed by atoms with Gasteiger partial charge in [-0.2, -0.15) is 0 Å². The predicted molar refractivity (Wildman–Crippen MR) is 70.1 cm³/mol. The first-order valence-electron chi connectivity index (χ1n) is 6.29. The van der Waals surface area contributed by atoms with Crippen LogP contribution in [0.2, 0.25) is 0 Å². The molecular formula is C13H19N3O2. The molecule has 0 radical (unpaired) electrons. The minimum Gasteiger partial charge on any atom is -0.478 e. The SMILES string of the molecule is CCN1CCN(c2ccncc2C(=O)O)CC1C. The van der Waals surface area contributed by atoms with Crippen LogP contribution in [0.1, 0.15) is 24.2 Å². The van der Waals surface area contributed by atoms with Crippen molar-refractivity contribution in [2.24, 2.45) is 0 Å². The third kappa shape index (κ3) is 2.46. The lowest BCUT2D eigenvalue weighted by atomic mass is 10.1. The van der Waals surface area contributed by atoms with E-state index < -0.39 is 5.97 Å². The molecule has 5 nitrogen and oxygen atoms in total. The maximum Gasteiger partial charge on any atom is 0.339 e. The fraction of sp³-hybridized carbons (Fsp3) is 0.538. The predicted octanol–water partition coefficient (Wildman–Crippen LogP) is 1.31. The largest absolute Gasteiger partial charge is 0.478 e. The van der Waals surface area contributed by atoms with Crippen molar-refractivity contribution in [1.29, 1.82) is 0 Å². The standard InChI is InChI=1S/C13H19N3O2/c1-3-15-6-7-16(9-10(15)2)12-4-5-14-8-11(12)13(17)18/h4-5,8,10H,3,6-7,9H2,1-2H3,(H,17,18). The van der Waals surface area contributed by atoms with Gasteiger partial charge < -0.3 is 10.0 Å². The van der Waals surface area contributed by atoms with Crippen molar-refractivity contribution in [3.05, 3.63) is 24.0 Å². The van der Waals surface area contributed by atoms with Gasteiger partial charge in [0.2, 0.25) is 0 Å². The summed E-state index contributed by atoms with van der Waals surface area (Å²) in [6.45, 7) is 8.06. The fourth-order valence-electron chi connectivity index (χ4n) is 2.51. The van der Waals surface area contributed by atoms with E-state index >= 15 is 0 Å². The lowest BCUT2D eigenvalue weighted by Crippen LogP contribution is -2.52. The summed E-state index contributed by atoms with van der Waals surface area (Å²) in [7, 11) is 0. The van der Waals surface area contributed by atoms with Gasteiger partial charge in [0.1, 0.15) is 5.56 Å². The number of likely N-dealkylation sites (N-methyl/N-ethyl adjacent to an activating group) is 1. The van der Waals surface area contributed by atoms with Crippen molar-refractivity contribution < 1.29 is 9.90 Å². The van der Waals surface area contributed by atoms with Gasteiger partial charge in [-0.25, -0.2) is 4.79 Å². The van der Waals surface area contributed by atoms with Gasteiger partial charge in [0.05, 0.1) is 5.69 Å². The monoisotopic (exact) mass is 249 g/mol. The summed E-state index contributed by atoms with van der Waals surface area (Å²) >= 11 is 0. The molecule has 0 amide bonds. The maximum atomic E-state index is 11.2. The zero-order valence-electron chi connectivity index (χ0n) is 10.8. The molecule has 1 unspecified atom stereocenters. The molecule has 0 saturated carbocycles. The van der Waals surface area contributed by atoms with Crippen LogP contribution in [0.5, 0.6) is 0 Å². The Labute approximate surface area is 107 Å². The first kappa shape index (κ1) is 12.8. The number of aromatic nitrogens is 1. The molecule has 1 aliphatic heterocycles. The Hall–Kier alpha value is -1.62. The summed E-state index contributed by atoms with van der Waals surface area (Å²) in [6, 6.07) is 2.23. The molecule has 2 heterocycles. The number of aromatic carboxylic acids is 1. The van der Waals surface area contributed by atoms with Crippen LogP contribution in [0, 0.1) is 0 Å². The Balaban J connectivity index is 2.20. The summed E-state index contributed by atoms with van der Waals surface area (Å²) in [5.74, 6) is -0.913. The molecule has 1 fully saturated rings. The molecular weight excluding hydrogens is 230 g/mol. The van der Waals surface area contributed by atoms with E-state index in [-0.39, 0.29) is 5.56 Å². The highest BCUT2D eigenvalue weighted by Gasteiger charge is 2.25. The third-order valence-corrected chi connectivity index (χ3v) is 3.54. The number of pyridine rings is 1. The molecule has 0 bridgehead atoms. The van der Waals surface area contributed by atoms with E-state index in [9.17, 15) is 9.90 Å². The van der Waals surface area contributed by atoms with Gasteiger partial charge in [0.25, 0.3) is 0 Å². The Morgan fingerprint density at radius 3 is 2.94 bits per heavy atom. The fourth-order valence-corrected chi connectivity index (χ4v) is 2.51. The van der Waals surface area contributed by atoms with E-state index in [1.807, 2.05) is 0 Å². The summed E-state index contributed by atoms with van der Waals surface area (Å²) in [6.07, 6.45) is 3.08. The average molecular weight is 249 g/mol. The number of piperazine rings is 1. The summed E-state index contributed by atoms with van der Waals surface area (Å²) in [5, 5.41) is 9.18. The Morgan fingerprint density at radius 1 is 1.56 bits per heavy atom. The van der Waals surface area contributed by atoms with Crippen molar-refractivity contribution in [3.8, 4) is 0 Å². The Morgan fingerprint density at radius 2 is 2.33 bits per heavy atom. The van der Waals surface area contributed by atoms with Crippen LogP contribution in [-0.4, -0.2) is 53.2 Å². The molecule has 5 heteroatoms. The first-order valence-corrected chi connectivity index (χ1v) is 6.29. The van der Waals surface area contributed by atoms with Crippen LogP contribution < -0.4 is 4.90 Å². The molecule has 18 heavy (non-hydrogen) atoms. The van der Waals surface area contributed by atoms with Crippen molar-refractivity contribution in [2.45, 2.75) is 19.9 Å². The molecule has 0 aromatic carbocycles. The topological polar surface area (TPSA) is 56.7 Å². The van der Waals surface area contributed by atoms with Gasteiger partial charge in [-0.05, 0) is 19.5 Å². The van der Waals surface area contributed by atoms with Crippen LogP contribution in [0.4, 0.5) is 5.69 Å². The van der Waals surface area contributed by atoms with E-state index in [1.54, 1.807) is 12.3 Å². The van der Waals surface area contributed by atoms with E-state index in [1.165, 1.54) is 6.20 Å². The van der Waals surface area contributed by atoms with Crippen LogP contribution >= 0.6 is 0 Å². The Bertz CT molecular complexity index is 436. The second-order valence-electron chi connectivity index (χ2n) is 4.62.